The molecule has 4 amide bonds. The Morgan fingerprint density at radius 2 is 1.51 bits per heavy atom. The van der Waals surface area contributed by atoms with Crippen molar-refractivity contribution in [2.24, 2.45) is 5.41 Å². The molecule has 2 aliphatic heterocycles. The molecule has 0 saturated carbocycles. The molecular formula is C61H79N11O9S. The number of amides is 4. The highest BCUT2D eigenvalue weighted by Crippen LogP contribution is 2.34. The van der Waals surface area contributed by atoms with Crippen LogP contribution in [0.5, 0.6) is 5.75 Å². The van der Waals surface area contributed by atoms with Crippen molar-refractivity contribution in [3.63, 3.8) is 0 Å². The molecule has 0 aliphatic carbocycles. The second-order valence-corrected chi connectivity index (χ2v) is 22.8. The average Bonchev–Trinajstić information content (AvgIpc) is 4.33. The van der Waals surface area contributed by atoms with E-state index in [1.807, 2.05) is 118 Å². The number of unbranched alkanes of at least 4 members (excludes halogenated alkanes) is 3. The van der Waals surface area contributed by atoms with E-state index in [9.17, 15) is 24.3 Å². The number of piperidine rings is 1. The molecule has 5 heterocycles. The number of aliphatic hydroxyl groups excluding tert-OH is 1. The fraction of sp³-hybridized carbons (Fsp3) is 0.475. The third-order valence-electron chi connectivity index (χ3n) is 14.6. The lowest BCUT2D eigenvalue weighted by Crippen LogP contribution is -2.57. The van der Waals surface area contributed by atoms with Gasteiger partial charge in [-0.05, 0) is 117 Å². The van der Waals surface area contributed by atoms with Crippen LogP contribution >= 0.6 is 11.3 Å². The number of thiazole rings is 1. The highest BCUT2D eigenvalue weighted by molar-refractivity contribution is 7.13. The molecule has 2 saturated heterocycles. The van der Waals surface area contributed by atoms with Crippen molar-refractivity contribution >= 4 is 40.7 Å². The molecule has 2 aliphatic rings. The number of anilines is 1. The highest BCUT2D eigenvalue weighted by Gasteiger charge is 2.44. The number of nitrogens with one attached hydrogen (secondary N) is 6. The van der Waals surface area contributed by atoms with E-state index >= 15 is 0 Å². The number of carbonyl (C=O) groups is 4. The zero-order valence-electron chi connectivity index (χ0n) is 47.5. The highest BCUT2D eigenvalue weighted by atomic mass is 32.1. The topological polar surface area (TPSA) is 256 Å². The number of aliphatic hydroxyl groups is 1. The minimum atomic E-state index is -0.924. The van der Waals surface area contributed by atoms with Crippen LogP contribution in [0.3, 0.4) is 0 Å². The van der Waals surface area contributed by atoms with Crippen molar-refractivity contribution in [2.75, 3.05) is 71.2 Å². The fourth-order valence-electron chi connectivity index (χ4n) is 9.99. The minimum Gasteiger partial charge on any atom is -0.494 e. The monoisotopic (exact) mass is 1140 g/mol. The lowest BCUT2D eigenvalue weighted by atomic mass is 9.85. The van der Waals surface area contributed by atoms with Crippen molar-refractivity contribution in [3.8, 4) is 27.6 Å². The zero-order valence-corrected chi connectivity index (χ0v) is 48.4. The molecule has 3 aromatic carbocycles. The first-order valence-corrected chi connectivity index (χ1v) is 29.3. The largest absolute Gasteiger partial charge is 0.494 e. The van der Waals surface area contributed by atoms with Gasteiger partial charge >= 0.3 is 0 Å². The maximum atomic E-state index is 14.0. The van der Waals surface area contributed by atoms with Crippen LogP contribution in [0.4, 0.5) is 5.69 Å². The number of nitrogens with zero attached hydrogens (tertiary/aromatic N) is 5. The Morgan fingerprint density at radius 1 is 0.805 bits per heavy atom. The van der Waals surface area contributed by atoms with Gasteiger partial charge in [0.15, 0.2) is 11.6 Å². The third-order valence-corrected chi connectivity index (χ3v) is 15.6. The van der Waals surface area contributed by atoms with Gasteiger partial charge in [0.2, 0.25) is 17.7 Å². The molecule has 0 bridgehead atoms. The van der Waals surface area contributed by atoms with Gasteiger partial charge in [0, 0.05) is 68.3 Å². The maximum absolute atomic E-state index is 14.0. The smallest absolute Gasteiger partial charge is 0.251 e. The van der Waals surface area contributed by atoms with Gasteiger partial charge in [0.25, 0.3) is 5.91 Å². The molecule has 6 aromatic rings. The summed E-state index contributed by atoms with van der Waals surface area (Å²) in [6, 6.07) is 25.2. The van der Waals surface area contributed by atoms with Crippen LogP contribution < -0.4 is 31.3 Å². The normalized spacial score (nSPS) is 16.3. The first-order chi connectivity index (χ1) is 39.7. The number of carbonyl (C=O) groups excluding carboxylic acids is 4. The van der Waals surface area contributed by atoms with Crippen LogP contribution in [0.15, 0.2) is 103 Å². The second kappa shape index (κ2) is 30.2. The summed E-state index contributed by atoms with van der Waals surface area (Å²) >= 11 is 1.58. The Kier molecular flexibility index (Phi) is 22.5. The van der Waals surface area contributed by atoms with Gasteiger partial charge in [-0.3, -0.25) is 29.3 Å². The van der Waals surface area contributed by atoms with Crippen molar-refractivity contribution in [1.29, 1.82) is 0 Å². The van der Waals surface area contributed by atoms with Crippen LogP contribution in [0, 0.1) is 12.3 Å². The van der Waals surface area contributed by atoms with Crippen molar-refractivity contribution in [2.45, 2.75) is 116 Å². The van der Waals surface area contributed by atoms with Crippen molar-refractivity contribution < 1.29 is 43.2 Å². The molecule has 21 heteroatoms. The van der Waals surface area contributed by atoms with E-state index in [0.29, 0.717) is 57.6 Å². The van der Waals surface area contributed by atoms with Crippen LogP contribution in [0.1, 0.15) is 105 Å². The third kappa shape index (κ3) is 17.7. The predicted molar refractivity (Wildman–Crippen MR) is 314 cm³/mol. The van der Waals surface area contributed by atoms with Gasteiger partial charge in [0.1, 0.15) is 17.8 Å². The molecule has 3 atom stereocenters. The first kappa shape index (κ1) is 60.9. The van der Waals surface area contributed by atoms with Crippen LogP contribution in [-0.2, 0) is 47.2 Å². The number of H-pyrrole nitrogens is 1. The molecule has 2 unspecified atom stereocenters. The summed E-state index contributed by atoms with van der Waals surface area (Å²) in [7, 11) is 0. The molecule has 20 nitrogen and oxygen atoms in total. The number of rotatable bonds is 30. The van der Waals surface area contributed by atoms with E-state index in [1.54, 1.807) is 23.7 Å². The Balaban J connectivity index is 0.640. The second-order valence-electron chi connectivity index (χ2n) is 21.9. The van der Waals surface area contributed by atoms with Gasteiger partial charge in [-0.2, -0.15) is 5.10 Å². The summed E-state index contributed by atoms with van der Waals surface area (Å²) < 4.78 is 23.1. The fourth-order valence-corrected chi connectivity index (χ4v) is 10.8. The van der Waals surface area contributed by atoms with Crippen LogP contribution in [0.2, 0.25) is 0 Å². The SMILES string of the molecule is Cc1ncsc1-c1ccc(CNC(=O)C2CC(O)CN2C(=O)[C@@H](NC(=O)CCOCCOCCOCCCCCCOc2cccc(CNC(=O)c3cccc(NC4(c5nc(-c6ccncc6)n[nH]5)CCNCC4)c3)c2)C(C)(C)C)cc1. The standard InChI is InChI=1S/C61H79N11O9S/c1-42-53(82-41-66-42)45-17-15-43(16-18-45)38-65-57(76)51-37-49(73)40-72(51)58(77)54(60(2,3)4)67-52(74)21-30-79-32-34-80-33-31-78-28-7-5-6-8-29-81-50-14-9-11-44(35-50)39-64-56(75)47-12-10-13-48(36-47)69-61(22-26-63-27-23-61)59-68-55(70-71-59)46-19-24-62-25-20-46/h9-20,24-25,35-36,41,49,51,54,63,69,73H,5-8,21-23,26-34,37-40H2,1-4H3,(H,64,75)(H,65,76)(H,67,74)(H,68,70,71)/t49?,51?,54-/m1/s1. The van der Waals surface area contributed by atoms with Crippen molar-refractivity contribution in [3.05, 3.63) is 131 Å². The minimum absolute atomic E-state index is 0.00178. The molecule has 2 fully saturated rings. The molecule has 0 radical (unpaired) electrons. The van der Waals surface area contributed by atoms with E-state index in [0.717, 1.165) is 102 Å². The Morgan fingerprint density at radius 3 is 2.24 bits per heavy atom. The van der Waals surface area contributed by atoms with E-state index in [-0.39, 0.29) is 50.3 Å². The Bertz CT molecular complexity index is 2980. The molecule has 3 aromatic heterocycles. The van der Waals surface area contributed by atoms with Crippen LogP contribution in [-0.4, -0.2) is 143 Å². The summed E-state index contributed by atoms with van der Waals surface area (Å²) in [6.45, 7) is 12.7. The number of hydrogen-bond acceptors (Lipinski definition) is 16. The number of hydrogen-bond donors (Lipinski definition) is 7. The number of pyridine rings is 1. The number of β-amino-alcohol motifs (C(OH)–C–C–N with tert-alkyl or cyclic N) is 1. The maximum Gasteiger partial charge on any atom is 0.251 e. The van der Waals surface area contributed by atoms with Gasteiger partial charge < -0.3 is 55.5 Å². The Labute approximate surface area is 484 Å². The molecule has 7 N–H and O–H groups in total. The quantitative estimate of drug-likeness (QED) is 0.0222. The van der Waals surface area contributed by atoms with Gasteiger partial charge in [-0.25, -0.2) is 9.97 Å². The number of benzene rings is 3. The number of ether oxygens (including phenoxy) is 4. The molecular weight excluding hydrogens is 1060 g/mol. The first-order valence-electron chi connectivity index (χ1n) is 28.4. The summed E-state index contributed by atoms with van der Waals surface area (Å²) in [5.41, 5.74) is 6.78. The molecule has 82 heavy (non-hydrogen) atoms. The van der Waals surface area contributed by atoms with E-state index < -0.39 is 35.0 Å². The number of aromatic nitrogens is 5. The van der Waals surface area contributed by atoms with E-state index in [2.05, 4.69) is 46.7 Å². The molecule has 438 valence electrons. The predicted octanol–water partition coefficient (Wildman–Crippen LogP) is 7.11. The lowest BCUT2D eigenvalue weighted by molar-refractivity contribution is -0.144. The number of likely N-dealkylation sites (tertiary alicyclic amines) is 1. The zero-order chi connectivity index (χ0) is 57.7. The lowest BCUT2D eigenvalue weighted by Gasteiger charge is -2.37. The summed E-state index contributed by atoms with van der Waals surface area (Å²) in [5, 5.41) is 34.3. The molecule has 0 spiro atoms. The molecule has 8 rings (SSSR count). The summed E-state index contributed by atoms with van der Waals surface area (Å²) in [5.74, 6) is 0.832. The van der Waals surface area contributed by atoms with Crippen molar-refractivity contribution in [1.82, 2.24) is 51.3 Å². The van der Waals surface area contributed by atoms with Gasteiger partial charge in [-0.15, -0.1) is 11.3 Å². The number of aromatic amines is 1. The van der Waals surface area contributed by atoms with Gasteiger partial charge in [-0.1, -0.05) is 69.7 Å². The summed E-state index contributed by atoms with van der Waals surface area (Å²) in [6.07, 6.45) is 8.16. The van der Waals surface area contributed by atoms with Gasteiger partial charge in [0.05, 0.1) is 67.4 Å². The summed E-state index contributed by atoms with van der Waals surface area (Å²) in [4.78, 5) is 69.7. The van der Waals surface area contributed by atoms with E-state index in [4.69, 9.17) is 23.9 Å². The average molecular weight is 1140 g/mol. The Hall–Kier alpha value is -7.14. The van der Waals surface area contributed by atoms with Crippen LogP contribution in [0.25, 0.3) is 21.8 Å². The van der Waals surface area contributed by atoms with E-state index in [1.165, 1.54) is 4.90 Å². The number of aryl methyl sites for hydroxylation is 1.